The van der Waals surface area contributed by atoms with E-state index < -0.39 is 9.85 Å². The van der Waals surface area contributed by atoms with Gasteiger partial charge in [-0.3, -0.25) is 20.2 Å². The standard InChI is InChI=1S/C15H14N2O4S2/c1-11(23-15-8-4-13(5-9-15)17(20)21)10-22-14-6-2-12(3-7-14)16(18)19/h2-9,11H,10H2,1H3. The molecule has 0 saturated carbocycles. The van der Waals surface area contributed by atoms with Gasteiger partial charge in [-0.2, -0.15) is 0 Å². The lowest BCUT2D eigenvalue weighted by atomic mass is 10.3. The van der Waals surface area contributed by atoms with E-state index in [0.29, 0.717) is 5.25 Å². The molecule has 2 rings (SSSR count). The summed E-state index contributed by atoms with van der Waals surface area (Å²) in [6, 6.07) is 13.0. The van der Waals surface area contributed by atoms with Gasteiger partial charge in [0.15, 0.2) is 0 Å². The first kappa shape index (κ1) is 17.3. The first-order valence-electron chi connectivity index (χ1n) is 6.74. The zero-order valence-corrected chi connectivity index (χ0v) is 13.9. The molecule has 1 unspecified atom stereocenters. The number of nitrogens with zero attached hydrogens (tertiary/aromatic N) is 2. The molecule has 2 aromatic carbocycles. The SMILES string of the molecule is CC(CSc1ccc([N+](=O)[O-])cc1)Sc1ccc([N+](=O)[O-])cc1. The largest absolute Gasteiger partial charge is 0.269 e. The lowest BCUT2D eigenvalue weighted by Gasteiger charge is -2.10. The Hall–Kier alpha value is -2.06. The fraction of sp³-hybridized carbons (Fsp3) is 0.200. The van der Waals surface area contributed by atoms with Crippen molar-refractivity contribution >= 4 is 34.9 Å². The highest BCUT2D eigenvalue weighted by Gasteiger charge is 2.09. The molecule has 1 atom stereocenters. The minimum Gasteiger partial charge on any atom is -0.258 e. The van der Waals surface area contributed by atoms with Crippen LogP contribution >= 0.6 is 23.5 Å². The Kier molecular flexibility index (Phi) is 6.00. The topological polar surface area (TPSA) is 86.3 Å². The van der Waals surface area contributed by atoms with Gasteiger partial charge < -0.3 is 0 Å². The van der Waals surface area contributed by atoms with Crippen LogP contribution in [0.3, 0.4) is 0 Å². The second-order valence-corrected chi connectivity index (χ2v) is 7.35. The molecule has 6 nitrogen and oxygen atoms in total. The summed E-state index contributed by atoms with van der Waals surface area (Å²) in [7, 11) is 0. The molecular formula is C15H14N2O4S2. The molecule has 0 aliphatic rings. The maximum absolute atomic E-state index is 10.6. The monoisotopic (exact) mass is 350 g/mol. The Morgan fingerprint density at radius 1 is 0.870 bits per heavy atom. The Balaban J connectivity index is 1.85. The van der Waals surface area contributed by atoms with E-state index in [9.17, 15) is 20.2 Å². The molecule has 0 aliphatic carbocycles. The molecule has 0 fully saturated rings. The van der Waals surface area contributed by atoms with Crippen LogP contribution in [0.1, 0.15) is 6.92 Å². The van der Waals surface area contributed by atoms with Gasteiger partial charge in [0.25, 0.3) is 11.4 Å². The average molecular weight is 350 g/mol. The molecule has 0 heterocycles. The predicted octanol–water partition coefficient (Wildman–Crippen LogP) is 4.78. The number of non-ortho nitro benzene ring substituents is 2. The van der Waals surface area contributed by atoms with Crippen molar-refractivity contribution in [2.75, 3.05) is 5.75 Å². The van der Waals surface area contributed by atoms with Gasteiger partial charge in [-0.1, -0.05) is 6.92 Å². The molecule has 2 aromatic rings. The van der Waals surface area contributed by atoms with Crippen LogP contribution in [-0.2, 0) is 0 Å². The summed E-state index contributed by atoms with van der Waals surface area (Å²) in [5, 5.41) is 21.5. The number of nitro groups is 2. The number of hydrogen-bond donors (Lipinski definition) is 0. The minimum absolute atomic E-state index is 0.0854. The molecule has 0 bridgehead atoms. The van der Waals surface area contributed by atoms with Crippen LogP contribution in [0.2, 0.25) is 0 Å². The van der Waals surface area contributed by atoms with E-state index in [4.69, 9.17) is 0 Å². The van der Waals surface area contributed by atoms with Crippen LogP contribution in [-0.4, -0.2) is 20.8 Å². The van der Waals surface area contributed by atoms with Crippen LogP contribution in [0, 0.1) is 20.2 Å². The van der Waals surface area contributed by atoms with Gasteiger partial charge in [0.05, 0.1) is 9.85 Å². The highest BCUT2D eigenvalue weighted by Crippen LogP contribution is 2.30. The fourth-order valence-electron chi connectivity index (χ4n) is 1.79. The summed E-state index contributed by atoms with van der Waals surface area (Å²) >= 11 is 3.26. The summed E-state index contributed by atoms with van der Waals surface area (Å²) < 4.78 is 0. The van der Waals surface area contributed by atoms with Crippen molar-refractivity contribution in [2.45, 2.75) is 22.0 Å². The molecule has 0 saturated heterocycles. The molecule has 0 radical (unpaired) electrons. The van der Waals surface area contributed by atoms with E-state index in [-0.39, 0.29) is 11.4 Å². The number of hydrogen-bond acceptors (Lipinski definition) is 6. The van der Waals surface area contributed by atoms with Crippen molar-refractivity contribution in [3.63, 3.8) is 0 Å². The average Bonchev–Trinajstić information content (AvgIpc) is 2.54. The fourth-order valence-corrected chi connectivity index (χ4v) is 3.78. The number of benzene rings is 2. The molecule has 120 valence electrons. The van der Waals surface area contributed by atoms with Gasteiger partial charge in [-0.05, 0) is 24.3 Å². The van der Waals surface area contributed by atoms with E-state index in [1.165, 1.54) is 24.3 Å². The molecule has 0 aromatic heterocycles. The number of nitro benzene ring substituents is 2. The molecule has 8 heteroatoms. The van der Waals surface area contributed by atoms with Crippen molar-refractivity contribution in [3.05, 3.63) is 68.8 Å². The van der Waals surface area contributed by atoms with E-state index in [0.717, 1.165) is 15.5 Å². The first-order valence-corrected chi connectivity index (χ1v) is 8.60. The summed E-state index contributed by atoms with van der Waals surface area (Å²) in [5.41, 5.74) is 0.171. The van der Waals surface area contributed by atoms with Crippen LogP contribution in [0.5, 0.6) is 0 Å². The zero-order chi connectivity index (χ0) is 16.8. The highest BCUT2D eigenvalue weighted by molar-refractivity contribution is 8.03. The van der Waals surface area contributed by atoms with E-state index in [1.54, 1.807) is 47.8 Å². The third-order valence-corrected chi connectivity index (χ3v) is 5.51. The van der Waals surface area contributed by atoms with Crippen molar-refractivity contribution in [1.82, 2.24) is 0 Å². The van der Waals surface area contributed by atoms with Gasteiger partial charge in [0.2, 0.25) is 0 Å². The van der Waals surface area contributed by atoms with Crippen molar-refractivity contribution < 1.29 is 9.85 Å². The quantitative estimate of drug-likeness (QED) is 0.406. The van der Waals surface area contributed by atoms with Crippen LogP contribution in [0.15, 0.2) is 58.3 Å². The molecule has 0 spiro atoms. The summed E-state index contributed by atoms with van der Waals surface area (Å²) in [4.78, 5) is 22.3. The van der Waals surface area contributed by atoms with Crippen molar-refractivity contribution in [2.24, 2.45) is 0 Å². The molecule has 0 N–H and O–H groups in total. The van der Waals surface area contributed by atoms with Gasteiger partial charge >= 0.3 is 0 Å². The van der Waals surface area contributed by atoms with E-state index >= 15 is 0 Å². The van der Waals surface area contributed by atoms with Gasteiger partial charge in [0.1, 0.15) is 0 Å². The van der Waals surface area contributed by atoms with Gasteiger partial charge in [-0.15, -0.1) is 23.5 Å². The Morgan fingerprint density at radius 2 is 1.30 bits per heavy atom. The Labute approximate surface area is 141 Å². The lowest BCUT2D eigenvalue weighted by molar-refractivity contribution is -0.385. The van der Waals surface area contributed by atoms with Crippen molar-refractivity contribution in [1.29, 1.82) is 0 Å². The van der Waals surface area contributed by atoms with Gasteiger partial charge in [0, 0.05) is 45.1 Å². The first-order chi connectivity index (χ1) is 11.0. The van der Waals surface area contributed by atoms with Crippen LogP contribution in [0.4, 0.5) is 11.4 Å². The van der Waals surface area contributed by atoms with Crippen molar-refractivity contribution in [3.8, 4) is 0 Å². The third-order valence-electron chi connectivity index (χ3n) is 2.92. The maximum Gasteiger partial charge on any atom is 0.269 e. The van der Waals surface area contributed by atoms with E-state index in [2.05, 4.69) is 6.92 Å². The Bertz CT molecular complexity index is 690. The minimum atomic E-state index is -0.415. The van der Waals surface area contributed by atoms with Crippen LogP contribution in [0.25, 0.3) is 0 Å². The predicted molar refractivity (Wildman–Crippen MR) is 92.2 cm³/mol. The molecule has 0 aliphatic heterocycles. The third kappa shape index (κ3) is 5.26. The highest BCUT2D eigenvalue weighted by atomic mass is 32.2. The zero-order valence-electron chi connectivity index (χ0n) is 12.2. The van der Waals surface area contributed by atoms with E-state index in [1.807, 2.05) is 0 Å². The smallest absolute Gasteiger partial charge is 0.258 e. The molecule has 0 amide bonds. The second-order valence-electron chi connectivity index (χ2n) is 4.74. The van der Waals surface area contributed by atoms with Crippen LogP contribution < -0.4 is 0 Å². The Morgan fingerprint density at radius 3 is 1.74 bits per heavy atom. The summed E-state index contributed by atoms with van der Waals surface area (Å²) in [6.07, 6.45) is 0. The molecule has 23 heavy (non-hydrogen) atoms. The van der Waals surface area contributed by atoms with Gasteiger partial charge in [-0.25, -0.2) is 0 Å². The summed E-state index contributed by atoms with van der Waals surface area (Å²) in [6.45, 7) is 2.07. The number of rotatable bonds is 7. The normalized spacial score (nSPS) is 11.9. The molecular weight excluding hydrogens is 336 g/mol. The summed E-state index contributed by atoms with van der Waals surface area (Å²) in [5.74, 6) is 0.833. The second kappa shape index (κ2) is 7.98. The number of thioether (sulfide) groups is 2. The maximum atomic E-state index is 10.6. The lowest BCUT2D eigenvalue weighted by Crippen LogP contribution is -1.99.